The molecule has 1 aromatic rings. The van der Waals surface area contributed by atoms with Gasteiger partial charge in [-0.15, -0.1) is 0 Å². The van der Waals surface area contributed by atoms with Gasteiger partial charge in [-0.1, -0.05) is 51.1 Å². The van der Waals surface area contributed by atoms with E-state index >= 15 is 0 Å². The van der Waals surface area contributed by atoms with Crippen LogP contribution in [-0.4, -0.2) is 28.4 Å². The summed E-state index contributed by atoms with van der Waals surface area (Å²) in [4.78, 5) is 16.0. The van der Waals surface area contributed by atoms with Gasteiger partial charge in [0.05, 0.1) is 6.04 Å². The average molecular weight is 397 g/mol. The molecule has 7 heteroatoms. The molecule has 2 rings (SSSR count). The molecule has 1 atom stereocenters. The lowest BCUT2D eigenvalue weighted by atomic mass is 9.87. The minimum atomic E-state index is -0.472. The Kier molecular flexibility index (Phi) is 11.1. The zero-order valence-corrected chi connectivity index (χ0v) is 18.4. The van der Waals surface area contributed by atoms with Gasteiger partial charge in [0.2, 0.25) is 5.89 Å². The Hall–Kier alpha value is -1.63. The van der Waals surface area contributed by atoms with Gasteiger partial charge < -0.3 is 20.3 Å². The number of aromatic nitrogens is 2. The van der Waals surface area contributed by atoms with Crippen molar-refractivity contribution >= 4 is 6.09 Å². The quantitative estimate of drug-likeness (QED) is 0.605. The summed E-state index contributed by atoms with van der Waals surface area (Å²) in [7, 11) is 0. The summed E-state index contributed by atoms with van der Waals surface area (Å²) in [5.41, 5.74) is 5.69. The number of carbonyl (C=O) groups excluding carboxylic acids is 1. The molecule has 28 heavy (non-hydrogen) atoms. The first kappa shape index (κ1) is 24.4. The third-order valence-electron chi connectivity index (χ3n) is 4.61. The molecule has 0 spiro atoms. The summed E-state index contributed by atoms with van der Waals surface area (Å²) in [5.74, 6) is 1.99. The molecule has 3 N–H and O–H groups in total. The van der Waals surface area contributed by atoms with E-state index in [1.165, 1.54) is 32.1 Å². The maximum atomic E-state index is 11.6. The van der Waals surface area contributed by atoms with E-state index in [4.69, 9.17) is 15.0 Å². The molecule has 1 amide bonds. The van der Waals surface area contributed by atoms with E-state index in [2.05, 4.69) is 15.5 Å². The third-order valence-corrected chi connectivity index (χ3v) is 4.61. The maximum absolute atomic E-state index is 11.6. The van der Waals surface area contributed by atoms with Crippen molar-refractivity contribution in [2.45, 2.75) is 104 Å². The number of hydrogen-bond acceptors (Lipinski definition) is 6. The van der Waals surface area contributed by atoms with E-state index < -0.39 is 5.60 Å². The number of alkyl carbamates (subject to hydrolysis) is 1. The fourth-order valence-electron chi connectivity index (χ4n) is 3.27. The topological polar surface area (TPSA) is 103 Å². The zero-order chi connectivity index (χ0) is 21.0. The smallest absolute Gasteiger partial charge is 0.407 e. The van der Waals surface area contributed by atoms with Gasteiger partial charge >= 0.3 is 6.09 Å². The lowest BCUT2D eigenvalue weighted by Gasteiger charge is -2.19. The van der Waals surface area contributed by atoms with Crippen molar-refractivity contribution in [2.75, 3.05) is 6.54 Å². The number of rotatable bonds is 8. The number of ether oxygens (including phenoxy) is 1. The van der Waals surface area contributed by atoms with Gasteiger partial charge in [0, 0.05) is 13.0 Å². The highest BCUT2D eigenvalue weighted by Gasteiger charge is 2.19. The number of nitrogens with zero attached hydrogens (tertiary/aromatic N) is 2. The Balaban J connectivity index is 0.00000190. The Labute approximate surface area is 170 Å². The molecule has 7 nitrogen and oxygen atoms in total. The molecule has 162 valence electrons. The predicted molar refractivity (Wildman–Crippen MR) is 111 cm³/mol. The van der Waals surface area contributed by atoms with Crippen molar-refractivity contribution in [1.29, 1.82) is 0 Å². The molecule has 0 aromatic carbocycles. The molecule has 1 fully saturated rings. The minimum Gasteiger partial charge on any atom is -0.444 e. The van der Waals surface area contributed by atoms with Crippen LogP contribution in [0.2, 0.25) is 0 Å². The second kappa shape index (κ2) is 12.8. The fraction of sp³-hybridized carbons (Fsp3) is 0.857. The standard InChI is InChI=1S/C19H34N4O3.C2H6/c1-19(2,3)25-18(24)21-12-8-7-11-15(20)17-22-16(23-26-17)13-14-9-5-4-6-10-14;1-2/h14-15H,4-13,20H2,1-3H3,(H,21,24);1-2H3. The van der Waals surface area contributed by atoms with Crippen molar-refractivity contribution in [3.8, 4) is 0 Å². The van der Waals surface area contributed by atoms with Crippen LogP contribution >= 0.6 is 0 Å². The third kappa shape index (κ3) is 10.1. The van der Waals surface area contributed by atoms with E-state index in [1.807, 2.05) is 34.6 Å². The largest absolute Gasteiger partial charge is 0.444 e. The molecule has 1 saturated carbocycles. The van der Waals surface area contributed by atoms with Gasteiger partial charge in [0.15, 0.2) is 5.82 Å². The summed E-state index contributed by atoms with van der Waals surface area (Å²) in [6.45, 7) is 10.1. The molecular formula is C21H40N4O3. The predicted octanol–water partition coefficient (Wildman–Crippen LogP) is 4.91. The molecule has 0 saturated heterocycles. The second-order valence-electron chi connectivity index (χ2n) is 8.29. The highest BCUT2D eigenvalue weighted by molar-refractivity contribution is 5.67. The van der Waals surface area contributed by atoms with Crippen LogP contribution in [0, 0.1) is 5.92 Å². The van der Waals surface area contributed by atoms with Gasteiger partial charge in [-0.25, -0.2) is 4.79 Å². The Morgan fingerprint density at radius 3 is 2.57 bits per heavy atom. The van der Waals surface area contributed by atoms with Gasteiger partial charge in [-0.2, -0.15) is 4.98 Å². The first-order valence-corrected chi connectivity index (χ1v) is 10.9. The lowest BCUT2D eigenvalue weighted by molar-refractivity contribution is 0.0527. The van der Waals surface area contributed by atoms with Crippen molar-refractivity contribution in [3.63, 3.8) is 0 Å². The van der Waals surface area contributed by atoms with Crippen LogP contribution in [0.4, 0.5) is 4.79 Å². The number of carbonyl (C=O) groups is 1. The van der Waals surface area contributed by atoms with Crippen LogP contribution in [0.3, 0.4) is 0 Å². The van der Waals surface area contributed by atoms with Crippen molar-refractivity contribution in [2.24, 2.45) is 11.7 Å². The molecule has 0 radical (unpaired) electrons. The summed E-state index contributed by atoms with van der Waals surface area (Å²) in [6, 6.07) is -0.246. The first-order valence-electron chi connectivity index (χ1n) is 10.9. The van der Waals surface area contributed by atoms with Crippen molar-refractivity contribution < 1.29 is 14.1 Å². The molecule has 0 aliphatic heterocycles. The van der Waals surface area contributed by atoms with Crippen molar-refractivity contribution in [3.05, 3.63) is 11.7 Å². The monoisotopic (exact) mass is 396 g/mol. The average Bonchev–Trinajstić information content (AvgIpc) is 3.11. The summed E-state index contributed by atoms with van der Waals surface area (Å²) < 4.78 is 10.5. The Morgan fingerprint density at radius 1 is 1.25 bits per heavy atom. The van der Waals surface area contributed by atoms with Crippen molar-refractivity contribution in [1.82, 2.24) is 15.5 Å². The van der Waals surface area contributed by atoms with Crippen LogP contribution in [0.1, 0.15) is 104 Å². The number of hydrogen-bond donors (Lipinski definition) is 2. The van der Waals surface area contributed by atoms with E-state index in [9.17, 15) is 4.79 Å². The molecule has 1 aromatic heterocycles. The summed E-state index contributed by atoms with van der Waals surface area (Å²) in [6.07, 6.45) is 9.47. The molecule has 1 aliphatic carbocycles. The van der Waals surface area contributed by atoms with Gasteiger partial charge in [0.1, 0.15) is 5.60 Å². The Bertz CT molecular complexity index is 548. The van der Waals surface area contributed by atoms with Crippen LogP contribution in [0.15, 0.2) is 4.52 Å². The molecule has 1 heterocycles. The number of nitrogens with one attached hydrogen (secondary N) is 1. The molecule has 1 unspecified atom stereocenters. The number of nitrogens with two attached hydrogens (primary N) is 1. The summed E-state index contributed by atoms with van der Waals surface area (Å²) >= 11 is 0. The molecule has 0 bridgehead atoms. The van der Waals surface area contributed by atoms with Crippen LogP contribution < -0.4 is 11.1 Å². The Morgan fingerprint density at radius 2 is 1.93 bits per heavy atom. The van der Waals surface area contributed by atoms with E-state index in [0.717, 1.165) is 31.5 Å². The fourth-order valence-corrected chi connectivity index (χ4v) is 3.27. The highest BCUT2D eigenvalue weighted by Crippen LogP contribution is 2.26. The van der Waals surface area contributed by atoms with Gasteiger partial charge in [-0.3, -0.25) is 0 Å². The van der Waals surface area contributed by atoms with Crippen LogP contribution in [-0.2, 0) is 11.2 Å². The lowest BCUT2D eigenvalue weighted by Crippen LogP contribution is -2.33. The number of amides is 1. The highest BCUT2D eigenvalue weighted by atomic mass is 16.6. The van der Waals surface area contributed by atoms with Crippen LogP contribution in [0.25, 0.3) is 0 Å². The van der Waals surface area contributed by atoms with Crippen LogP contribution in [0.5, 0.6) is 0 Å². The first-order chi connectivity index (χ1) is 13.3. The van der Waals surface area contributed by atoms with E-state index in [1.54, 1.807) is 0 Å². The van der Waals surface area contributed by atoms with Gasteiger partial charge in [-0.05, 0) is 46.0 Å². The maximum Gasteiger partial charge on any atom is 0.407 e. The van der Waals surface area contributed by atoms with E-state index in [-0.39, 0.29) is 12.1 Å². The minimum absolute atomic E-state index is 0.246. The zero-order valence-electron chi connectivity index (χ0n) is 18.4. The second-order valence-corrected chi connectivity index (χ2v) is 8.29. The normalized spacial score (nSPS) is 16.1. The summed E-state index contributed by atoms with van der Waals surface area (Å²) in [5, 5.41) is 6.84. The van der Waals surface area contributed by atoms with E-state index in [0.29, 0.717) is 18.4 Å². The SMILES string of the molecule is CC.CC(C)(C)OC(=O)NCCCCC(N)c1nc(CC2CCCCC2)no1. The number of unbranched alkanes of at least 4 members (excludes halogenated alkanes) is 1. The van der Waals surface area contributed by atoms with Gasteiger partial charge in [0.25, 0.3) is 0 Å². The molecule has 1 aliphatic rings. The molecular weight excluding hydrogens is 356 g/mol.